The molecule has 5 aromatic carbocycles. The molecule has 5 rings (SSSR count). The molecule has 0 amide bonds. The van der Waals surface area contributed by atoms with Gasteiger partial charge in [0, 0.05) is 0 Å². The monoisotopic (exact) mass is 364 g/mol. The van der Waals surface area contributed by atoms with Crippen molar-refractivity contribution in [1.82, 2.24) is 0 Å². The molecule has 0 heterocycles. The Hall–Kier alpha value is -2.77. The van der Waals surface area contributed by atoms with Gasteiger partial charge in [0.25, 0.3) is 0 Å². The van der Waals surface area contributed by atoms with Crippen LogP contribution < -0.4 is 0 Å². The fourth-order valence-electron chi connectivity index (χ4n) is 4.26. The van der Waals surface area contributed by atoms with Crippen LogP contribution in [-0.4, -0.2) is 5.75 Å². The fraction of sp³-hybridized carbons (Fsp3) is 0.0769. The first-order chi connectivity index (χ1) is 13.4. The van der Waals surface area contributed by atoms with E-state index in [0.29, 0.717) is 0 Å². The highest BCUT2D eigenvalue weighted by Crippen LogP contribution is 2.40. The summed E-state index contributed by atoms with van der Waals surface area (Å²) in [6.45, 7) is 0. The molecule has 1 heteroatoms. The molecule has 0 aliphatic carbocycles. The van der Waals surface area contributed by atoms with E-state index in [-0.39, 0.29) is 0 Å². The molecule has 5 aromatic rings. The summed E-state index contributed by atoms with van der Waals surface area (Å²) in [4.78, 5) is 0. The number of rotatable bonds is 3. The lowest BCUT2D eigenvalue weighted by atomic mass is 9.87. The summed E-state index contributed by atoms with van der Waals surface area (Å²) in [6.07, 6.45) is 0.974. The summed E-state index contributed by atoms with van der Waals surface area (Å²) < 4.78 is 0. The molecule has 0 saturated carbocycles. The second-order valence-electron chi connectivity index (χ2n) is 6.98. The molecular formula is C26H20S. The Labute approximate surface area is 164 Å². The van der Waals surface area contributed by atoms with Crippen molar-refractivity contribution in [2.24, 2.45) is 0 Å². The zero-order valence-electron chi connectivity index (χ0n) is 15.0. The lowest BCUT2D eigenvalue weighted by Gasteiger charge is -2.17. The Morgan fingerprint density at radius 3 is 1.74 bits per heavy atom. The fourth-order valence-corrected chi connectivity index (χ4v) is 4.48. The minimum atomic E-state index is 0.851. The standard InChI is InChI=1S/C26H20S/c27-16-15-23-21-9-3-5-11-24(21)26(25-12-6-4-10-22(23)25)20-14-13-18-7-1-2-8-19(18)17-20/h1-14,17,27H,15-16H2. The number of benzene rings is 5. The van der Waals surface area contributed by atoms with Gasteiger partial charge in [0.15, 0.2) is 0 Å². The van der Waals surface area contributed by atoms with Gasteiger partial charge in [-0.05, 0) is 67.2 Å². The maximum atomic E-state index is 4.52. The lowest BCUT2D eigenvalue weighted by Crippen LogP contribution is -1.94. The Bertz CT molecular complexity index is 1230. The Morgan fingerprint density at radius 2 is 1.11 bits per heavy atom. The Kier molecular flexibility index (Phi) is 4.10. The third-order valence-corrected chi connectivity index (χ3v) is 5.67. The van der Waals surface area contributed by atoms with Crippen LogP contribution in [0, 0.1) is 0 Å². The van der Waals surface area contributed by atoms with Gasteiger partial charge in [-0.15, -0.1) is 0 Å². The van der Waals surface area contributed by atoms with Crippen LogP contribution in [0.3, 0.4) is 0 Å². The molecule has 0 bridgehead atoms. The molecule has 0 N–H and O–H groups in total. The van der Waals surface area contributed by atoms with Gasteiger partial charge < -0.3 is 0 Å². The molecule has 0 spiro atoms. The molecule has 0 saturated heterocycles. The predicted octanol–water partition coefficient (Wildman–Crippen LogP) is 7.29. The van der Waals surface area contributed by atoms with Crippen molar-refractivity contribution in [2.45, 2.75) is 6.42 Å². The summed E-state index contributed by atoms with van der Waals surface area (Å²) in [5.74, 6) is 0.851. The minimum absolute atomic E-state index is 0.851. The van der Waals surface area contributed by atoms with Crippen molar-refractivity contribution < 1.29 is 0 Å². The van der Waals surface area contributed by atoms with Gasteiger partial charge in [0.1, 0.15) is 0 Å². The van der Waals surface area contributed by atoms with Gasteiger partial charge in [0.05, 0.1) is 0 Å². The van der Waals surface area contributed by atoms with Crippen molar-refractivity contribution in [3.63, 3.8) is 0 Å². The van der Waals surface area contributed by atoms with Crippen molar-refractivity contribution in [2.75, 3.05) is 5.75 Å². The van der Waals surface area contributed by atoms with Crippen molar-refractivity contribution >= 4 is 44.9 Å². The second kappa shape index (κ2) is 6.75. The van der Waals surface area contributed by atoms with Crippen LogP contribution in [0.25, 0.3) is 43.4 Å². The molecular weight excluding hydrogens is 344 g/mol. The van der Waals surface area contributed by atoms with E-state index in [0.717, 1.165) is 12.2 Å². The number of thiol groups is 1. The molecule has 130 valence electrons. The third kappa shape index (κ3) is 2.70. The van der Waals surface area contributed by atoms with E-state index in [9.17, 15) is 0 Å². The van der Waals surface area contributed by atoms with E-state index in [1.165, 1.54) is 49.0 Å². The largest absolute Gasteiger partial charge is 0.179 e. The highest BCUT2D eigenvalue weighted by Gasteiger charge is 2.14. The summed E-state index contributed by atoms with van der Waals surface area (Å²) in [7, 11) is 0. The smallest absolute Gasteiger partial charge is 0.00264 e. The average molecular weight is 365 g/mol. The molecule has 0 nitrogen and oxygen atoms in total. The van der Waals surface area contributed by atoms with Crippen LogP contribution in [-0.2, 0) is 6.42 Å². The molecule has 0 aliphatic heterocycles. The maximum absolute atomic E-state index is 4.52. The van der Waals surface area contributed by atoms with Crippen molar-refractivity contribution in [3.05, 3.63) is 96.6 Å². The molecule has 0 fully saturated rings. The SMILES string of the molecule is SCCc1c2ccccc2c(-c2ccc3ccccc3c2)c2ccccc12. The molecule has 27 heavy (non-hydrogen) atoms. The third-order valence-electron chi connectivity index (χ3n) is 5.44. The van der Waals surface area contributed by atoms with Crippen LogP contribution in [0.2, 0.25) is 0 Å². The first kappa shape index (κ1) is 16.4. The van der Waals surface area contributed by atoms with E-state index in [1.807, 2.05) is 0 Å². The van der Waals surface area contributed by atoms with Gasteiger partial charge in [-0.3, -0.25) is 0 Å². The molecule has 0 radical (unpaired) electrons. The average Bonchev–Trinajstić information content (AvgIpc) is 2.73. The van der Waals surface area contributed by atoms with Crippen molar-refractivity contribution in [1.29, 1.82) is 0 Å². The topological polar surface area (TPSA) is 0 Å². The van der Waals surface area contributed by atoms with E-state index < -0.39 is 0 Å². The van der Waals surface area contributed by atoms with Gasteiger partial charge in [-0.2, -0.15) is 12.6 Å². The Morgan fingerprint density at radius 1 is 0.556 bits per heavy atom. The zero-order valence-corrected chi connectivity index (χ0v) is 15.9. The van der Waals surface area contributed by atoms with Crippen LogP contribution in [0.4, 0.5) is 0 Å². The predicted molar refractivity (Wildman–Crippen MR) is 122 cm³/mol. The number of hydrogen-bond acceptors (Lipinski definition) is 1. The normalized spacial score (nSPS) is 11.4. The summed E-state index contributed by atoms with van der Waals surface area (Å²) in [5, 5.41) is 7.89. The molecule has 0 aromatic heterocycles. The van der Waals surface area contributed by atoms with Gasteiger partial charge in [-0.1, -0.05) is 84.9 Å². The molecule has 0 unspecified atom stereocenters. The van der Waals surface area contributed by atoms with E-state index in [4.69, 9.17) is 0 Å². The number of hydrogen-bond donors (Lipinski definition) is 1. The number of aryl methyl sites for hydroxylation is 1. The van der Waals surface area contributed by atoms with Gasteiger partial charge in [-0.25, -0.2) is 0 Å². The van der Waals surface area contributed by atoms with Crippen molar-refractivity contribution in [3.8, 4) is 11.1 Å². The summed E-state index contributed by atoms with van der Waals surface area (Å²) in [6, 6.07) is 33.0. The molecule has 0 aliphatic rings. The van der Waals surface area contributed by atoms with E-state index in [2.05, 4.69) is 104 Å². The van der Waals surface area contributed by atoms with Crippen LogP contribution in [0.5, 0.6) is 0 Å². The van der Waals surface area contributed by atoms with Crippen LogP contribution in [0.15, 0.2) is 91.0 Å². The first-order valence-electron chi connectivity index (χ1n) is 9.39. The molecule has 0 atom stereocenters. The van der Waals surface area contributed by atoms with Crippen LogP contribution in [0.1, 0.15) is 5.56 Å². The zero-order chi connectivity index (χ0) is 18.2. The Balaban J connectivity index is 1.94. The maximum Gasteiger partial charge on any atom is -0.00264 e. The lowest BCUT2D eigenvalue weighted by molar-refractivity contribution is 1.20. The summed E-state index contributed by atoms with van der Waals surface area (Å²) in [5.41, 5.74) is 4.01. The van der Waals surface area contributed by atoms with Gasteiger partial charge in [0.2, 0.25) is 0 Å². The highest BCUT2D eigenvalue weighted by molar-refractivity contribution is 7.80. The van der Waals surface area contributed by atoms with Gasteiger partial charge >= 0.3 is 0 Å². The number of fused-ring (bicyclic) bond motifs is 3. The van der Waals surface area contributed by atoms with E-state index in [1.54, 1.807) is 0 Å². The van der Waals surface area contributed by atoms with Crippen LogP contribution >= 0.6 is 12.6 Å². The quantitative estimate of drug-likeness (QED) is 0.252. The minimum Gasteiger partial charge on any atom is -0.179 e. The van der Waals surface area contributed by atoms with E-state index >= 15 is 0 Å². The second-order valence-corrected chi connectivity index (χ2v) is 7.43. The summed E-state index contributed by atoms with van der Waals surface area (Å²) >= 11 is 4.52. The first-order valence-corrected chi connectivity index (χ1v) is 10.0. The highest BCUT2D eigenvalue weighted by atomic mass is 32.1.